The molecule has 2 nitrogen and oxygen atoms in total. The van der Waals surface area contributed by atoms with Crippen LogP contribution in [0.1, 0.15) is 11.1 Å². The molecule has 3 rings (SSSR count). The molecule has 2 heteroatoms. The number of benzene rings is 3. The maximum Gasteiger partial charge on any atom is 0.248 e. The van der Waals surface area contributed by atoms with E-state index in [2.05, 4.69) is 5.32 Å². The molecule has 3 aromatic rings. The summed E-state index contributed by atoms with van der Waals surface area (Å²) in [6.45, 7) is 2.04. The Morgan fingerprint density at radius 1 is 0.909 bits per heavy atom. The summed E-state index contributed by atoms with van der Waals surface area (Å²) < 4.78 is 0. The lowest BCUT2D eigenvalue weighted by atomic mass is 10.1. The van der Waals surface area contributed by atoms with Crippen LogP contribution in [0, 0.1) is 6.92 Å². The fourth-order valence-corrected chi connectivity index (χ4v) is 2.36. The van der Waals surface area contributed by atoms with E-state index in [4.69, 9.17) is 0 Å². The van der Waals surface area contributed by atoms with Gasteiger partial charge in [-0.3, -0.25) is 4.79 Å². The number of hydrogen-bond acceptors (Lipinski definition) is 1. The van der Waals surface area contributed by atoms with E-state index in [1.807, 2.05) is 79.7 Å². The van der Waals surface area contributed by atoms with Crippen LogP contribution in [0.25, 0.3) is 16.8 Å². The van der Waals surface area contributed by atoms with Crippen LogP contribution in [-0.4, -0.2) is 5.91 Å². The highest BCUT2D eigenvalue weighted by Gasteiger charge is 2.02. The van der Waals surface area contributed by atoms with Gasteiger partial charge in [0, 0.05) is 17.1 Å². The molecule has 0 fully saturated rings. The van der Waals surface area contributed by atoms with Gasteiger partial charge in [-0.15, -0.1) is 0 Å². The number of anilines is 1. The van der Waals surface area contributed by atoms with E-state index in [1.165, 1.54) is 5.56 Å². The quantitative estimate of drug-likeness (QED) is 0.689. The largest absolute Gasteiger partial charge is 0.322 e. The number of carbonyl (C=O) groups excluding carboxylic acids is 1. The highest BCUT2D eigenvalue weighted by molar-refractivity contribution is 6.07. The predicted octanol–water partition coefficient (Wildman–Crippen LogP) is 4.80. The maximum absolute atomic E-state index is 12.1. The Morgan fingerprint density at radius 2 is 1.64 bits per heavy atom. The molecule has 3 aromatic carbocycles. The molecule has 0 spiro atoms. The van der Waals surface area contributed by atoms with Gasteiger partial charge in [-0.1, -0.05) is 66.2 Å². The fraction of sp³-hybridized carbons (Fsp3) is 0.0500. The first-order valence-corrected chi connectivity index (χ1v) is 7.26. The Morgan fingerprint density at radius 3 is 2.45 bits per heavy atom. The lowest BCUT2D eigenvalue weighted by Gasteiger charge is -2.06. The minimum atomic E-state index is -0.128. The van der Waals surface area contributed by atoms with Crippen molar-refractivity contribution in [2.75, 3.05) is 5.32 Å². The lowest BCUT2D eigenvalue weighted by Crippen LogP contribution is -2.07. The van der Waals surface area contributed by atoms with Gasteiger partial charge >= 0.3 is 0 Å². The predicted molar refractivity (Wildman–Crippen MR) is 92.8 cm³/mol. The van der Waals surface area contributed by atoms with Gasteiger partial charge in [0.2, 0.25) is 5.91 Å². The zero-order valence-corrected chi connectivity index (χ0v) is 12.4. The average molecular weight is 287 g/mol. The van der Waals surface area contributed by atoms with E-state index in [9.17, 15) is 4.79 Å². The fourth-order valence-electron chi connectivity index (χ4n) is 2.36. The van der Waals surface area contributed by atoms with Crippen LogP contribution in [0.2, 0.25) is 0 Å². The topological polar surface area (TPSA) is 29.1 Å². The van der Waals surface area contributed by atoms with Gasteiger partial charge in [-0.2, -0.15) is 0 Å². The van der Waals surface area contributed by atoms with Crippen LogP contribution in [0.3, 0.4) is 0 Å². The van der Waals surface area contributed by atoms with E-state index < -0.39 is 0 Å². The zero-order valence-electron chi connectivity index (χ0n) is 12.4. The maximum atomic E-state index is 12.1. The number of carbonyl (C=O) groups is 1. The Labute approximate surface area is 130 Å². The van der Waals surface area contributed by atoms with Crippen LogP contribution in [0.15, 0.2) is 72.8 Å². The third-order valence-corrected chi connectivity index (χ3v) is 3.55. The molecule has 0 aliphatic rings. The summed E-state index contributed by atoms with van der Waals surface area (Å²) in [7, 11) is 0. The smallest absolute Gasteiger partial charge is 0.248 e. The molecule has 1 N–H and O–H groups in total. The zero-order chi connectivity index (χ0) is 15.4. The molecule has 0 saturated carbocycles. The standard InChI is InChI=1S/C20H17NO/c1-15-9-11-16(12-10-15)13-14-20(22)21-19-8-4-6-17-5-2-3-7-18(17)19/h2-14H,1H3,(H,21,22)/b14-13+. The van der Waals surface area contributed by atoms with E-state index in [1.54, 1.807) is 6.08 Å². The summed E-state index contributed by atoms with van der Waals surface area (Å²) >= 11 is 0. The van der Waals surface area contributed by atoms with Crippen molar-refractivity contribution in [3.8, 4) is 0 Å². The van der Waals surface area contributed by atoms with Crippen LogP contribution < -0.4 is 5.32 Å². The van der Waals surface area contributed by atoms with E-state index in [0.717, 1.165) is 22.0 Å². The van der Waals surface area contributed by atoms with Crippen molar-refractivity contribution in [3.63, 3.8) is 0 Å². The third-order valence-electron chi connectivity index (χ3n) is 3.55. The Bertz CT molecular complexity index is 826. The number of hydrogen-bond donors (Lipinski definition) is 1. The van der Waals surface area contributed by atoms with Gasteiger partial charge in [-0.25, -0.2) is 0 Å². The molecular weight excluding hydrogens is 270 g/mol. The molecule has 0 bridgehead atoms. The summed E-state index contributed by atoms with van der Waals surface area (Å²) in [5, 5.41) is 5.10. The van der Waals surface area contributed by atoms with Gasteiger partial charge in [0.05, 0.1) is 0 Å². The van der Waals surface area contributed by atoms with Gasteiger partial charge < -0.3 is 5.32 Å². The molecule has 0 aliphatic heterocycles. The van der Waals surface area contributed by atoms with Gasteiger partial charge in [0.15, 0.2) is 0 Å². The first-order valence-electron chi connectivity index (χ1n) is 7.26. The number of aryl methyl sites for hydroxylation is 1. The average Bonchev–Trinajstić information content (AvgIpc) is 2.55. The number of fused-ring (bicyclic) bond motifs is 1. The normalized spacial score (nSPS) is 11.0. The molecule has 0 saturated heterocycles. The second-order valence-corrected chi connectivity index (χ2v) is 5.26. The van der Waals surface area contributed by atoms with Crippen LogP contribution in [0.4, 0.5) is 5.69 Å². The third kappa shape index (κ3) is 3.23. The number of nitrogens with one attached hydrogen (secondary N) is 1. The van der Waals surface area contributed by atoms with E-state index in [0.29, 0.717) is 0 Å². The summed E-state index contributed by atoms with van der Waals surface area (Å²) in [4.78, 5) is 12.1. The van der Waals surface area contributed by atoms with E-state index >= 15 is 0 Å². The SMILES string of the molecule is Cc1ccc(/C=C/C(=O)Nc2cccc3ccccc23)cc1. The van der Waals surface area contributed by atoms with Crippen LogP contribution in [-0.2, 0) is 4.79 Å². The summed E-state index contributed by atoms with van der Waals surface area (Å²) in [6, 6.07) is 22.0. The van der Waals surface area contributed by atoms with Crippen molar-refractivity contribution in [2.45, 2.75) is 6.92 Å². The molecule has 0 radical (unpaired) electrons. The van der Waals surface area contributed by atoms with Gasteiger partial charge in [0.25, 0.3) is 0 Å². The van der Waals surface area contributed by atoms with Crippen molar-refractivity contribution in [1.82, 2.24) is 0 Å². The highest BCUT2D eigenvalue weighted by Crippen LogP contribution is 2.22. The van der Waals surface area contributed by atoms with Crippen molar-refractivity contribution in [1.29, 1.82) is 0 Å². The van der Waals surface area contributed by atoms with Gasteiger partial charge in [-0.05, 0) is 30.0 Å². The van der Waals surface area contributed by atoms with Crippen LogP contribution in [0.5, 0.6) is 0 Å². The van der Waals surface area contributed by atoms with Crippen molar-refractivity contribution in [3.05, 3.63) is 83.9 Å². The second-order valence-electron chi connectivity index (χ2n) is 5.26. The van der Waals surface area contributed by atoms with Crippen molar-refractivity contribution >= 4 is 28.4 Å². The molecular formula is C20H17NO. The van der Waals surface area contributed by atoms with Crippen molar-refractivity contribution in [2.24, 2.45) is 0 Å². The number of amides is 1. The molecule has 22 heavy (non-hydrogen) atoms. The molecule has 1 amide bonds. The van der Waals surface area contributed by atoms with E-state index in [-0.39, 0.29) is 5.91 Å². The molecule has 0 atom stereocenters. The van der Waals surface area contributed by atoms with Gasteiger partial charge in [0.1, 0.15) is 0 Å². The first kappa shape index (κ1) is 14.1. The molecule has 108 valence electrons. The molecule has 0 aliphatic carbocycles. The number of rotatable bonds is 3. The Hall–Kier alpha value is -2.87. The Balaban J connectivity index is 1.77. The monoisotopic (exact) mass is 287 g/mol. The second kappa shape index (κ2) is 6.27. The summed E-state index contributed by atoms with van der Waals surface area (Å²) in [6.07, 6.45) is 3.38. The summed E-state index contributed by atoms with van der Waals surface area (Å²) in [5.41, 5.74) is 3.05. The molecule has 0 heterocycles. The molecule has 0 aromatic heterocycles. The summed E-state index contributed by atoms with van der Waals surface area (Å²) in [5.74, 6) is -0.128. The highest BCUT2D eigenvalue weighted by atomic mass is 16.1. The first-order chi connectivity index (χ1) is 10.7. The minimum Gasteiger partial charge on any atom is -0.322 e. The molecule has 0 unspecified atom stereocenters. The Kier molecular flexibility index (Phi) is 4.01. The lowest BCUT2D eigenvalue weighted by molar-refractivity contribution is -0.111. The minimum absolute atomic E-state index is 0.128. The van der Waals surface area contributed by atoms with Crippen LogP contribution >= 0.6 is 0 Å². The van der Waals surface area contributed by atoms with Crippen molar-refractivity contribution < 1.29 is 4.79 Å².